The normalized spacial score (nSPS) is 28.8. The van der Waals surface area contributed by atoms with Gasteiger partial charge in [0.05, 0.1) is 6.04 Å². The first kappa shape index (κ1) is 16.5. The Kier molecular flexibility index (Phi) is 5.05. The SMILES string of the molecule is CCCC1(C)CCCN(C(=O)c2ccn(C3CCCNC3)n2)C1. The summed E-state index contributed by atoms with van der Waals surface area (Å²) in [5, 5.41) is 7.99. The summed E-state index contributed by atoms with van der Waals surface area (Å²) >= 11 is 0. The quantitative estimate of drug-likeness (QED) is 0.929. The summed E-state index contributed by atoms with van der Waals surface area (Å²) in [6.07, 6.45) is 9.00. The van der Waals surface area contributed by atoms with Gasteiger partial charge in [0, 0.05) is 25.8 Å². The summed E-state index contributed by atoms with van der Waals surface area (Å²) in [5.41, 5.74) is 0.884. The third-order valence-electron chi connectivity index (χ3n) is 5.39. The number of rotatable bonds is 4. The molecular weight excluding hydrogens is 288 g/mol. The van der Waals surface area contributed by atoms with Gasteiger partial charge in [0.15, 0.2) is 0 Å². The summed E-state index contributed by atoms with van der Waals surface area (Å²) in [6, 6.07) is 2.28. The van der Waals surface area contributed by atoms with Crippen molar-refractivity contribution in [3.05, 3.63) is 18.0 Å². The molecule has 23 heavy (non-hydrogen) atoms. The summed E-state index contributed by atoms with van der Waals surface area (Å²) in [4.78, 5) is 14.8. The molecule has 3 heterocycles. The van der Waals surface area contributed by atoms with Crippen LogP contribution < -0.4 is 5.32 Å². The molecule has 2 aliphatic rings. The standard InChI is InChI=1S/C18H30N4O/c1-3-8-18(2)9-5-11-21(14-18)17(23)16-7-12-22(20-16)15-6-4-10-19-13-15/h7,12,15,19H,3-6,8-11,13-14H2,1-2H3. The Hall–Kier alpha value is -1.36. The van der Waals surface area contributed by atoms with Crippen LogP contribution in [-0.2, 0) is 0 Å². The number of aromatic nitrogens is 2. The van der Waals surface area contributed by atoms with Crippen molar-refractivity contribution in [1.82, 2.24) is 20.0 Å². The lowest BCUT2D eigenvalue weighted by molar-refractivity contribution is 0.0523. The highest BCUT2D eigenvalue weighted by Gasteiger charge is 2.33. The van der Waals surface area contributed by atoms with E-state index in [2.05, 4.69) is 24.3 Å². The maximum Gasteiger partial charge on any atom is 0.274 e. The van der Waals surface area contributed by atoms with Crippen LogP contribution in [0.15, 0.2) is 12.3 Å². The number of hydrogen-bond acceptors (Lipinski definition) is 3. The average Bonchev–Trinajstić information content (AvgIpc) is 3.05. The van der Waals surface area contributed by atoms with E-state index >= 15 is 0 Å². The van der Waals surface area contributed by atoms with Crippen LogP contribution in [0.4, 0.5) is 0 Å². The van der Waals surface area contributed by atoms with E-state index in [0.717, 1.165) is 39.0 Å². The molecule has 3 rings (SSSR count). The predicted octanol–water partition coefficient (Wildman–Crippen LogP) is 2.85. The number of carbonyl (C=O) groups is 1. The summed E-state index contributed by atoms with van der Waals surface area (Å²) in [5.74, 6) is 0.106. The second-order valence-corrected chi connectivity index (χ2v) is 7.57. The number of likely N-dealkylation sites (tertiary alicyclic amines) is 1. The van der Waals surface area contributed by atoms with Crippen molar-refractivity contribution < 1.29 is 4.79 Å². The maximum atomic E-state index is 12.8. The molecule has 0 spiro atoms. The second kappa shape index (κ2) is 7.04. The Bertz CT molecular complexity index is 531. The molecular formula is C18H30N4O. The molecule has 2 unspecified atom stereocenters. The number of piperidine rings is 2. The molecule has 0 saturated carbocycles. The molecule has 2 fully saturated rings. The van der Waals surface area contributed by atoms with E-state index in [9.17, 15) is 4.79 Å². The van der Waals surface area contributed by atoms with Crippen molar-refractivity contribution in [3.8, 4) is 0 Å². The van der Waals surface area contributed by atoms with Crippen molar-refractivity contribution in [2.75, 3.05) is 26.2 Å². The molecule has 0 bridgehead atoms. The first-order chi connectivity index (χ1) is 11.1. The zero-order valence-electron chi connectivity index (χ0n) is 14.6. The lowest BCUT2D eigenvalue weighted by Gasteiger charge is -2.40. The number of hydrogen-bond donors (Lipinski definition) is 1. The minimum absolute atomic E-state index is 0.106. The van der Waals surface area contributed by atoms with Crippen LogP contribution in [0.1, 0.15) is 68.9 Å². The Morgan fingerprint density at radius 1 is 1.48 bits per heavy atom. The number of nitrogens with one attached hydrogen (secondary N) is 1. The molecule has 0 aromatic carbocycles. The Labute approximate surface area is 139 Å². The highest BCUT2D eigenvalue weighted by molar-refractivity contribution is 5.92. The van der Waals surface area contributed by atoms with Crippen molar-refractivity contribution in [2.45, 2.75) is 58.4 Å². The molecule has 0 radical (unpaired) electrons. The molecule has 2 atom stereocenters. The molecule has 0 aliphatic carbocycles. The zero-order valence-corrected chi connectivity index (χ0v) is 14.6. The van der Waals surface area contributed by atoms with E-state index in [4.69, 9.17) is 0 Å². The van der Waals surface area contributed by atoms with Gasteiger partial charge in [-0.2, -0.15) is 5.10 Å². The van der Waals surface area contributed by atoms with Gasteiger partial charge >= 0.3 is 0 Å². The largest absolute Gasteiger partial charge is 0.337 e. The van der Waals surface area contributed by atoms with Gasteiger partial charge in [-0.25, -0.2) is 0 Å². The Morgan fingerprint density at radius 2 is 2.35 bits per heavy atom. The Balaban J connectivity index is 1.67. The molecule has 5 heteroatoms. The van der Waals surface area contributed by atoms with E-state index in [0.29, 0.717) is 11.7 Å². The van der Waals surface area contributed by atoms with Crippen LogP contribution in [0.5, 0.6) is 0 Å². The molecule has 1 aromatic heterocycles. The third kappa shape index (κ3) is 3.77. The van der Waals surface area contributed by atoms with Crippen LogP contribution >= 0.6 is 0 Å². The lowest BCUT2D eigenvalue weighted by Crippen LogP contribution is -2.45. The van der Waals surface area contributed by atoms with E-state index in [-0.39, 0.29) is 11.3 Å². The van der Waals surface area contributed by atoms with Crippen molar-refractivity contribution in [3.63, 3.8) is 0 Å². The van der Waals surface area contributed by atoms with Gasteiger partial charge in [-0.1, -0.05) is 20.3 Å². The van der Waals surface area contributed by atoms with Crippen LogP contribution in [0.25, 0.3) is 0 Å². The zero-order chi connectivity index (χ0) is 16.3. The fourth-order valence-corrected chi connectivity index (χ4v) is 4.17. The van der Waals surface area contributed by atoms with Crippen LogP contribution in [0, 0.1) is 5.41 Å². The minimum Gasteiger partial charge on any atom is -0.337 e. The van der Waals surface area contributed by atoms with Crippen LogP contribution in [0.3, 0.4) is 0 Å². The summed E-state index contributed by atoms with van der Waals surface area (Å²) in [7, 11) is 0. The first-order valence-corrected chi connectivity index (χ1v) is 9.16. The van der Waals surface area contributed by atoms with Crippen molar-refractivity contribution in [2.24, 2.45) is 5.41 Å². The molecule has 2 aliphatic heterocycles. The average molecular weight is 318 g/mol. The summed E-state index contributed by atoms with van der Waals surface area (Å²) < 4.78 is 1.98. The van der Waals surface area contributed by atoms with Gasteiger partial charge in [0.1, 0.15) is 5.69 Å². The van der Waals surface area contributed by atoms with Crippen molar-refractivity contribution in [1.29, 1.82) is 0 Å². The fraction of sp³-hybridized carbons (Fsp3) is 0.778. The Morgan fingerprint density at radius 3 is 3.09 bits per heavy atom. The van der Waals surface area contributed by atoms with Gasteiger partial charge in [-0.3, -0.25) is 9.48 Å². The van der Waals surface area contributed by atoms with Crippen LogP contribution in [0.2, 0.25) is 0 Å². The first-order valence-electron chi connectivity index (χ1n) is 9.16. The highest BCUT2D eigenvalue weighted by atomic mass is 16.2. The topological polar surface area (TPSA) is 50.2 Å². The molecule has 1 N–H and O–H groups in total. The van der Waals surface area contributed by atoms with E-state index in [1.807, 2.05) is 21.8 Å². The minimum atomic E-state index is 0.106. The fourth-order valence-electron chi connectivity index (χ4n) is 4.17. The van der Waals surface area contributed by atoms with Gasteiger partial charge in [-0.05, 0) is 50.1 Å². The molecule has 128 valence electrons. The van der Waals surface area contributed by atoms with Gasteiger partial charge in [0.2, 0.25) is 0 Å². The maximum absolute atomic E-state index is 12.8. The number of nitrogens with zero attached hydrogens (tertiary/aromatic N) is 3. The molecule has 2 saturated heterocycles. The van der Waals surface area contributed by atoms with E-state index < -0.39 is 0 Å². The monoisotopic (exact) mass is 318 g/mol. The summed E-state index contributed by atoms with van der Waals surface area (Å²) in [6.45, 7) is 8.34. The molecule has 1 amide bonds. The number of carbonyl (C=O) groups excluding carboxylic acids is 1. The molecule has 1 aromatic rings. The predicted molar refractivity (Wildman–Crippen MR) is 91.5 cm³/mol. The van der Waals surface area contributed by atoms with Gasteiger partial charge < -0.3 is 10.2 Å². The second-order valence-electron chi connectivity index (χ2n) is 7.57. The third-order valence-corrected chi connectivity index (χ3v) is 5.39. The van der Waals surface area contributed by atoms with E-state index in [1.165, 1.54) is 25.7 Å². The highest BCUT2D eigenvalue weighted by Crippen LogP contribution is 2.34. The van der Waals surface area contributed by atoms with Crippen LogP contribution in [-0.4, -0.2) is 46.8 Å². The van der Waals surface area contributed by atoms with E-state index in [1.54, 1.807) is 0 Å². The lowest BCUT2D eigenvalue weighted by atomic mass is 9.78. The van der Waals surface area contributed by atoms with Gasteiger partial charge in [-0.15, -0.1) is 0 Å². The molecule has 5 nitrogen and oxygen atoms in total. The number of amides is 1. The smallest absolute Gasteiger partial charge is 0.274 e. The van der Waals surface area contributed by atoms with Gasteiger partial charge in [0.25, 0.3) is 5.91 Å². The van der Waals surface area contributed by atoms with Crippen molar-refractivity contribution >= 4 is 5.91 Å².